The number of nitrogens with two attached hydrogens (primary N) is 1. The minimum Gasteiger partial charge on any atom is -0.502 e. The zero-order chi connectivity index (χ0) is 18.7. The first-order valence-electron chi connectivity index (χ1n) is 7.24. The lowest BCUT2D eigenvalue weighted by molar-refractivity contribution is -0.385. The number of nitro groups is 1. The molecule has 0 amide bonds. The molecule has 0 bridgehead atoms. The number of hydrogen-bond acceptors (Lipinski definition) is 8. The van der Waals surface area contributed by atoms with E-state index in [2.05, 4.69) is 0 Å². The second-order valence-corrected chi connectivity index (χ2v) is 5.12. The molecule has 2 rings (SSSR count). The Labute approximate surface area is 142 Å². The van der Waals surface area contributed by atoms with Crippen molar-refractivity contribution in [3.05, 3.63) is 56.7 Å². The number of phenols is 1. The second kappa shape index (κ2) is 6.92. The summed E-state index contributed by atoms with van der Waals surface area (Å²) >= 11 is 0. The van der Waals surface area contributed by atoms with Crippen LogP contribution in [0.2, 0.25) is 0 Å². The number of nitriles is 1. The number of phenolic OH excluding ortho intramolecular Hbond substituents is 1. The zero-order valence-corrected chi connectivity index (χ0v) is 13.5. The molecule has 1 heterocycles. The summed E-state index contributed by atoms with van der Waals surface area (Å²) in [6.45, 7) is 3.22. The van der Waals surface area contributed by atoms with E-state index in [4.69, 9.17) is 15.2 Å². The van der Waals surface area contributed by atoms with E-state index in [0.717, 1.165) is 12.1 Å². The number of ether oxygens (including phenoxy) is 2. The van der Waals surface area contributed by atoms with Crippen LogP contribution >= 0.6 is 0 Å². The minimum absolute atomic E-state index is 0.0425. The molecule has 0 fully saturated rings. The highest BCUT2D eigenvalue weighted by Gasteiger charge is 2.37. The number of rotatable bonds is 4. The molecule has 0 aromatic heterocycles. The van der Waals surface area contributed by atoms with Crippen molar-refractivity contribution in [3.63, 3.8) is 0 Å². The van der Waals surface area contributed by atoms with Crippen molar-refractivity contribution in [2.24, 2.45) is 5.73 Å². The number of nitro benzene ring substituents is 1. The zero-order valence-electron chi connectivity index (χ0n) is 13.5. The summed E-state index contributed by atoms with van der Waals surface area (Å²) in [4.78, 5) is 22.4. The van der Waals surface area contributed by atoms with Crippen molar-refractivity contribution < 1.29 is 24.3 Å². The molecular weight excluding hydrogens is 330 g/mol. The standard InChI is InChI=1S/C16H15N3O6/c1-3-24-16(21)13-8(2)25-15(18)10(7-17)14(13)9-4-5-11(19(22)23)12(20)6-9/h4-6,14,20H,3,18H2,1-2H3. The summed E-state index contributed by atoms with van der Waals surface area (Å²) in [5.74, 6) is -2.30. The molecule has 0 aliphatic carbocycles. The Morgan fingerprint density at radius 3 is 2.76 bits per heavy atom. The first-order valence-corrected chi connectivity index (χ1v) is 7.24. The normalized spacial score (nSPS) is 16.9. The lowest BCUT2D eigenvalue weighted by Gasteiger charge is -2.26. The number of hydrogen-bond donors (Lipinski definition) is 2. The van der Waals surface area contributed by atoms with Crippen LogP contribution in [0.1, 0.15) is 25.3 Å². The van der Waals surface area contributed by atoms with Crippen LogP contribution in [0.4, 0.5) is 5.69 Å². The first kappa shape index (κ1) is 17.8. The van der Waals surface area contributed by atoms with Gasteiger partial charge in [0.15, 0.2) is 5.75 Å². The van der Waals surface area contributed by atoms with Crippen molar-refractivity contribution in [1.82, 2.24) is 0 Å². The van der Waals surface area contributed by atoms with E-state index in [1.807, 2.05) is 6.07 Å². The molecule has 9 nitrogen and oxygen atoms in total. The summed E-state index contributed by atoms with van der Waals surface area (Å²) in [6.07, 6.45) is 0. The molecule has 0 radical (unpaired) electrons. The molecule has 1 aliphatic heterocycles. The molecule has 1 aromatic rings. The van der Waals surface area contributed by atoms with Crippen molar-refractivity contribution >= 4 is 11.7 Å². The highest BCUT2D eigenvalue weighted by Crippen LogP contribution is 2.41. The predicted octanol–water partition coefficient (Wildman–Crippen LogP) is 1.95. The number of carbonyl (C=O) groups excluding carboxylic acids is 1. The van der Waals surface area contributed by atoms with Crippen LogP contribution in [0, 0.1) is 21.4 Å². The fourth-order valence-corrected chi connectivity index (χ4v) is 2.56. The Morgan fingerprint density at radius 1 is 1.56 bits per heavy atom. The third-order valence-corrected chi connectivity index (χ3v) is 3.63. The third kappa shape index (κ3) is 3.23. The number of allylic oxidation sites excluding steroid dienone is 2. The molecule has 0 saturated carbocycles. The second-order valence-electron chi connectivity index (χ2n) is 5.12. The summed E-state index contributed by atoms with van der Waals surface area (Å²) in [7, 11) is 0. The van der Waals surface area contributed by atoms with Gasteiger partial charge in [0.25, 0.3) is 0 Å². The average molecular weight is 345 g/mol. The summed E-state index contributed by atoms with van der Waals surface area (Å²) < 4.78 is 10.3. The van der Waals surface area contributed by atoms with Gasteiger partial charge in [0, 0.05) is 6.07 Å². The Balaban J connectivity index is 2.64. The molecule has 9 heteroatoms. The number of esters is 1. The van der Waals surface area contributed by atoms with E-state index in [1.54, 1.807) is 6.92 Å². The van der Waals surface area contributed by atoms with Gasteiger partial charge in [0.05, 0.1) is 23.0 Å². The molecule has 25 heavy (non-hydrogen) atoms. The van der Waals surface area contributed by atoms with Gasteiger partial charge in [-0.2, -0.15) is 5.26 Å². The van der Waals surface area contributed by atoms with Crippen molar-refractivity contribution in [2.75, 3.05) is 6.61 Å². The maximum atomic E-state index is 12.3. The monoisotopic (exact) mass is 345 g/mol. The molecule has 3 N–H and O–H groups in total. The van der Waals surface area contributed by atoms with Gasteiger partial charge in [-0.1, -0.05) is 6.07 Å². The van der Waals surface area contributed by atoms with Gasteiger partial charge in [0.2, 0.25) is 5.88 Å². The number of nitrogens with zero attached hydrogens (tertiary/aromatic N) is 2. The van der Waals surface area contributed by atoms with E-state index in [1.165, 1.54) is 13.0 Å². The number of benzene rings is 1. The smallest absolute Gasteiger partial charge is 0.338 e. The molecule has 1 aromatic carbocycles. The summed E-state index contributed by atoms with van der Waals surface area (Å²) in [6, 6.07) is 5.42. The summed E-state index contributed by atoms with van der Waals surface area (Å²) in [5, 5.41) is 30.1. The lowest BCUT2D eigenvalue weighted by Crippen LogP contribution is -2.25. The van der Waals surface area contributed by atoms with Crippen LogP contribution in [-0.4, -0.2) is 22.6 Å². The Morgan fingerprint density at radius 2 is 2.24 bits per heavy atom. The third-order valence-electron chi connectivity index (χ3n) is 3.63. The SMILES string of the molecule is CCOC(=O)C1=C(C)OC(N)=C(C#N)C1c1ccc([N+](=O)[O-])c(O)c1. The highest BCUT2D eigenvalue weighted by atomic mass is 16.6. The molecule has 0 spiro atoms. The van der Waals surface area contributed by atoms with Gasteiger partial charge in [0.1, 0.15) is 17.4 Å². The predicted molar refractivity (Wildman–Crippen MR) is 84.7 cm³/mol. The van der Waals surface area contributed by atoms with Gasteiger partial charge < -0.3 is 20.3 Å². The van der Waals surface area contributed by atoms with Crippen LogP contribution in [0.5, 0.6) is 5.75 Å². The van der Waals surface area contributed by atoms with E-state index in [0.29, 0.717) is 0 Å². The van der Waals surface area contributed by atoms with Gasteiger partial charge in [-0.3, -0.25) is 10.1 Å². The largest absolute Gasteiger partial charge is 0.502 e. The van der Waals surface area contributed by atoms with Crippen molar-refractivity contribution in [3.8, 4) is 11.8 Å². The van der Waals surface area contributed by atoms with E-state index < -0.39 is 28.2 Å². The van der Waals surface area contributed by atoms with E-state index in [-0.39, 0.29) is 35.0 Å². The lowest BCUT2D eigenvalue weighted by atomic mass is 9.83. The Hall–Kier alpha value is -3.54. The Kier molecular flexibility index (Phi) is 4.93. The topological polar surface area (TPSA) is 149 Å². The fourth-order valence-electron chi connectivity index (χ4n) is 2.56. The minimum atomic E-state index is -0.968. The van der Waals surface area contributed by atoms with Crippen LogP contribution in [0.3, 0.4) is 0 Å². The fraction of sp³-hybridized carbons (Fsp3) is 0.250. The molecule has 0 saturated heterocycles. The van der Waals surface area contributed by atoms with Gasteiger partial charge in [-0.25, -0.2) is 4.79 Å². The van der Waals surface area contributed by atoms with E-state index in [9.17, 15) is 25.3 Å². The maximum absolute atomic E-state index is 12.3. The molecule has 130 valence electrons. The van der Waals surface area contributed by atoms with Gasteiger partial charge in [-0.15, -0.1) is 0 Å². The van der Waals surface area contributed by atoms with Crippen molar-refractivity contribution in [1.29, 1.82) is 5.26 Å². The average Bonchev–Trinajstić information content (AvgIpc) is 2.53. The maximum Gasteiger partial charge on any atom is 0.338 e. The molecular formula is C16H15N3O6. The van der Waals surface area contributed by atoms with Crippen LogP contribution < -0.4 is 5.73 Å². The van der Waals surface area contributed by atoms with Crippen molar-refractivity contribution in [2.45, 2.75) is 19.8 Å². The number of carbonyl (C=O) groups is 1. The quantitative estimate of drug-likeness (QED) is 0.477. The molecule has 1 aliphatic rings. The van der Waals surface area contributed by atoms with Crippen LogP contribution in [0.15, 0.2) is 41.0 Å². The van der Waals surface area contributed by atoms with Gasteiger partial charge >= 0.3 is 11.7 Å². The highest BCUT2D eigenvalue weighted by molar-refractivity contribution is 5.92. The summed E-state index contributed by atoms with van der Waals surface area (Å²) in [5.41, 5.74) is 5.50. The Bertz CT molecular complexity index is 850. The number of aromatic hydroxyl groups is 1. The molecule has 1 atom stereocenters. The van der Waals surface area contributed by atoms with Crippen LogP contribution in [0.25, 0.3) is 0 Å². The van der Waals surface area contributed by atoms with Crippen LogP contribution in [-0.2, 0) is 14.3 Å². The first-order chi connectivity index (χ1) is 11.8. The van der Waals surface area contributed by atoms with E-state index >= 15 is 0 Å². The molecule has 1 unspecified atom stereocenters. The van der Waals surface area contributed by atoms with Gasteiger partial charge in [-0.05, 0) is 25.5 Å².